The van der Waals surface area contributed by atoms with Gasteiger partial charge in [-0.1, -0.05) is 0 Å². The normalized spacial score (nSPS) is 10.4. The number of hydrogen-bond acceptors (Lipinski definition) is 4. The van der Waals surface area contributed by atoms with Gasteiger partial charge in [-0.3, -0.25) is 4.79 Å². The number of alkyl halides is 1. The van der Waals surface area contributed by atoms with Gasteiger partial charge < -0.3 is 5.32 Å². The molecular formula is C11H11ClFN5O. The summed E-state index contributed by atoms with van der Waals surface area (Å²) in [6, 6.07) is 4.22. The SMILES string of the molecule is O=C(CCCCl)Nc1cc(-n2cnnn2)ccc1F. The van der Waals surface area contributed by atoms with Crippen molar-refractivity contribution in [1.82, 2.24) is 20.2 Å². The second-order valence-corrected chi connectivity index (χ2v) is 4.14. The van der Waals surface area contributed by atoms with Crippen LogP contribution in [0.25, 0.3) is 5.69 Å². The van der Waals surface area contributed by atoms with Crippen molar-refractivity contribution in [3.8, 4) is 5.69 Å². The molecule has 100 valence electrons. The van der Waals surface area contributed by atoms with E-state index in [1.807, 2.05) is 0 Å². The summed E-state index contributed by atoms with van der Waals surface area (Å²) in [6.45, 7) is 0. The molecule has 2 rings (SSSR count). The number of carbonyl (C=O) groups excluding carboxylic acids is 1. The molecular weight excluding hydrogens is 273 g/mol. The third kappa shape index (κ3) is 3.47. The van der Waals surface area contributed by atoms with Crippen molar-refractivity contribution >= 4 is 23.2 Å². The summed E-state index contributed by atoms with van der Waals surface area (Å²) in [6.07, 6.45) is 2.17. The van der Waals surface area contributed by atoms with E-state index in [-0.39, 0.29) is 18.0 Å². The number of halogens is 2. The third-order valence-corrected chi connectivity index (χ3v) is 2.64. The Morgan fingerprint density at radius 2 is 2.32 bits per heavy atom. The largest absolute Gasteiger partial charge is 0.324 e. The van der Waals surface area contributed by atoms with E-state index in [0.29, 0.717) is 18.0 Å². The number of anilines is 1. The summed E-state index contributed by atoms with van der Waals surface area (Å²) in [5, 5.41) is 13.2. The predicted molar refractivity (Wildman–Crippen MR) is 67.7 cm³/mol. The molecule has 1 amide bonds. The molecule has 0 aliphatic carbocycles. The minimum atomic E-state index is -0.518. The summed E-state index contributed by atoms with van der Waals surface area (Å²) in [5.41, 5.74) is 0.645. The van der Waals surface area contributed by atoms with Crippen LogP contribution in [0.4, 0.5) is 10.1 Å². The van der Waals surface area contributed by atoms with Crippen molar-refractivity contribution in [1.29, 1.82) is 0 Å². The van der Waals surface area contributed by atoms with Gasteiger partial charge in [0.1, 0.15) is 12.1 Å². The van der Waals surface area contributed by atoms with Gasteiger partial charge in [0.2, 0.25) is 5.91 Å². The maximum absolute atomic E-state index is 13.6. The van der Waals surface area contributed by atoms with E-state index in [9.17, 15) is 9.18 Å². The highest BCUT2D eigenvalue weighted by atomic mass is 35.5. The number of tetrazole rings is 1. The summed E-state index contributed by atoms with van der Waals surface area (Å²) < 4.78 is 15.0. The van der Waals surface area contributed by atoms with E-state index >= 15 is 0 Å². The van der Waals surface area contributed by atoms with Crippen molar-refractivity contribution in [3.63, 3.8) is 0 Å². The number of aromatic nitrogens is 4. The lowest BCUT2D eigenvalue weighted by Crippen LogP contribution is -2.13. The van der Waals surface area contributed by atoms with Gasteiger partial charge in [0.05, 0.1) is 11.4 Å². The highest BCUT2D eigenvalue weighted by molar-refractivity contribution is 6.18. The number of nitrogens with zero attached hydrogens (tertiary/aromatic N) is 4. The number of hydrogen-bond donors (Lipinski definition) is 1. The van der Waals surface area contributed by atoms with Crippen LogP contribution in [-0.4, -0.2) is 32.0 Å². The van der Waals surface area contributed by atoms with Crippen molar-refractivity contribution in [3.05, 3.63) is 30.3 Å². The molecule has 6 nitrogen and oxygen atoms in total. The number of carbonyl (C=O) groups is 1. The molecule has 0 fully saturated rings. The molecule has 0 spiro atoms. The summed E-state index contributed by atoms with van der Waals surface area (Å²) in [5.74, 6) is -0.412. The van der Waals surface area contributed by atoms with Gasteiger partial charge in [0.15, 0.2) is 0 Å². The van der Waals surface area contributed by atoms with Crippen molar-refractivity contribution in [2.24, 2.45) is 0 Å². The molecule has 0 atom stereocenters. The zero-order chi connectivity index (χ0) is 13.7. The van der Waals surface area contributed by atoms with Crippen LogP contribution in [0.2, 0.25) is 0 Å². The maximum atomic E-state index is 13.6. The van der Waals surface area contributed by atoms with Crippen molar-refractivity contribution in [2.45, 2.75) is 12.8 Å². The Balaban J connectivity index is 2.16. The van der Waals surface area contributed by atoms with Crippen molar-refractivity contribution < 1.29 is 9.18 Å². The molecule has 0 aliphatic rings. The van der Waals surface area contributed by atoms with Crippen LogP contribution in [0.3, 0.4) is 0 Å². The van der Waals surface area contributed by atoms with Gasteiger partial charge in [-0.05, 0) is 35.0 Å². The van der Waals surface area contributed by atoms with Gasteiger partial charge in [-0.25, -0.2) is 9.07 Å². The van der Waals surface area contributed by atoms with E-state index in [2.05, 4.69) is 20.8 Å². The van der Waals surface area contributed by atoms with E-state index in [1.165, 1.54) is 29.2 Å². The fourth-order valence-corrected chi connectivity index (χ4v) is 1.60. The lowest BCUT2D eigenvalue weighted by atomic mass is 10.2. The summed E-state index contributed by atoms with van der Waals surface area (Å²) >= 11 is 5.49. The third-order valence-electron chi connectivity index (χ3n) is 2.38. The van der Waals surface area contributed by atoms with Crippen LogP contribution in [0.1, 0.15) is 12.8 Å². The smallest absolute Gasteiger partial charge is 0.224 e. The van der Waals surface area contributed by atoms with Gasteiger partial charge in [-0.15, -0.1) is 16.7 Å². The molecule has 1 aromatic heterocycles. The second-order valence-electron chi connectivity index (χ2n) is 3.76. The molecule has 19 heavy (non-hydrogen) atoms. The first kappa shape index (κ1) is 13.4. The molecule has 0 aliphatic heterocycles. The van der Waals surface area contributed by atoms with Crippen LogP contribution >= 0.6 is 11.6 Å². The lowest BCUT2D eigenvalue weighted by Gasteiger charge is -2.08. The first-order valence-corrected chi connectivity index (χ1v) is 6.13. The molecule has 1 N–H and O–H groups in total. The molecule has 0 saturated carbocycles. The first-order chi connectivity index (χ1) is 9.20. The van der Waals surface area contributed by atoms with Gasteiger partial charge in [-0.2, -0.15) is 0 Å². The number of rotatable bonds is 5. The molecule has 0 saturated heterocycles. The Bertz CT molecular complexity index is 560. The average molecular weight is 284 g/mol. The molecule has 2 aromatic rings. The quantitative estimate of drug-likeness (QED) is 0.849. The second kappa shape index (κ2) is 6.24. The van der Waals surface area contributed by atoms with E-state index in [0.717, 1.165) is 0 Å². The monoisotopic (exact) mass is 283 g/mol. The minimum Gasteiger partial charge on any atom is -0.324 e. The van der Waals surface area contributed by atoms with Crippen molar-refractivity contribution in [2.75, 3.05) is 11.2 Å². The Hall–Kier alpha value is -2.02. The highest BCUT2D eigenvalue weighted by Crippen LogP contribution is 2.18. The zero-order valence-corrected chi connectivity index (χ0v) is 10.6. The van der Waals surface area contributed by atoms with Crippen LogP contribution < -0.4 is 5.32 Å². The Kier molecular flexibility index (Phi) is 4.40. The van der Waals surface area contributed by atoms with Gasteiger partial charge in [0, 0.05) is 12.3 Å². The Labute approximate surface area is 113 Å². The molecule has 0 bridgehead atoms. The van der Waals surface area contributed by atoms with Crippen LogP contribution in [0, 0.1) is 5.82 Å². The molecule has 0 radical (unpaired) electrons. The lowest BCUT2D eigenvalue weighted by molar-refractivity contribution is -0.116. The average Bonchev–Trinajstić information content (AvgIpc) is 2.93. The molecule has 1 heterocycles. The summed E-state index contributed by atoms with van der Waals surface area (Å²) in [4.78, 5) is 11.5. The Morgan fingerprint density at radius 3 is 3.00 bits per heavy atom. The number of amides is 1. The number of benzene rings is 1. The van der Waals surface area contributed by atoms with E-state index in [4.69, 9.17) is 11.6 Å². The highest BCUT2D eigenvalue weighted by Gasteiger charge is 2.09. The molecule has 8 heteroatoms. The zero-order valence-electron chi connectivity index (χ0n) is 9.88. The predicted octanol–water partition coefficient (Wildman–Crippen LogP) is 1.76. The van der Waals surface area contributed by atoms with Gasteiger partial charge in [0.25, 0.3) is 0 Å². The number of nitrogens with one attached hydrogen (secondary N) is 1. The molecule has 1 aromatic carbocycles. The van der Waals surface area contributed by atoms with E-state index in [1.54, 1.807) is 0 Å². The van der Waals surface area contributed by atoms with Crippen LogP contribution in [0.5, 0.6) is 0 Å². The fourth-order valence-electron chi connectivity index (χ4n) is 1.47. The standard InChI is InChI=1S/C11H11ClFN5O/c12-5-1-2-11(19)15-10-6-8(3-4-9(10)13)18-7-14-16-17-18/h3-4,6-7H,1-2,5H2,(H,15,19). The molecule has 0 unspecified atom stereocenters. The van der Waals surface area contributed by atoms with Gasteiger partial charge >= 0.3 is 0 Å². The topological polar surface area (TPSA) is 72.7 Å². The first-order valence-electron chi connectivity index (χ1n) is 5.59. The summed E-state index contributed by atoms with van der Waals surface area (Å²) in [7, 11) is 0. The maximum Gasteiger partial charge on any atom is 0.224 e. The van der Waals surface area contributed by atoms with Crippen LogP contribution in [0.15, 0.2) is 24.5 Å². The Morgan fingerprint density at radius 1 is 1.47 bits per heavy atom. The van der Waals surface area contributed by atoms with Crippen LogP contribution in [-0.2, 0) is 4.79 Å². The van der Waals surface area contributed by atoms with E-state index < -0.39 is 5.82 Å². The fraction of sp³-hybridized carbons (Fsp3) is 0.273. The minimum absolute atomic E-state index is 0.0903.